The summed E-state index contributed by atoms with van der Waals surface area (Å²) in [6.07, 6.45) is 0.353. The maximum absolute atomic E-state index is 12.2. The summed E-state index contributed by atoms with van der Waals surface area (Å²) in [4.78, 5) is 25.5. The molecule has 5 heteroatoms. The minimum Gasteiger partial charge on any atom is -0.349 e. The van der Waals surface area contributed by atoms with E-state index in [0.29, 0.717) is 17.7 Å². The van der Waals surface area contributed by atoms with Crippen LogP contribution in [0.15, 0.2) is 46.9 Å². The van der Waals surface area contributed by atoms with Crippen LogP contribution in [-0.4, -0.2) is 30.8 Å². The van der Waals surface area contributed by atoms with Crippen molar-refractivity contribution in [3.63, 3.8) is 0 Å². The van der Waals surface area contributed by atoms with Crippen molar-refractivity contribution in [2.75, 3.05) is 19.4 Å². The van der Waals surface area contributed by atoms with Crippen molar-refractivity contribution < 1.29 is 9.59 Å². The van der Waals surface area contributed by atoms with Crippen LogP contribution in [-0.2, 0) is 11.2 Å². The quantitative estimate of drug-likeness (QED) is 0.887. The van der Waals surface area contributed by atoms with E-state index in [-0.39, 0.29) is 11.8 Å². The van der Waals surface area contributed by atoms with Crippen LogP contribution in [0.25, 0.3) is 0 Å². The number of halogens is 1. The van der Waals surface area contributed by atoms with E-state index in [1.807, 2.05) is 25.1 Å². The molecule has 2 rings (SSSR count). The molecule has 4 nitrogen and oxygen atoms in total. The van der Waals surface area contributed by atoms with Gasteiger partial charge in [-0.1, -0.05) is 34.1 Å². The van der Waals surface area contributed by atoms with Gasteiger partial charge in [-0.15, -0.1) is 0 Å². The fourth-order valence-corrected chi connectivity index (χ4v) is 2.35. The number of aryl methyl sites for hydroxylation is 1. The Bertz CT molecular complexity index is 724. The van der Waals surface area contributed by atoms with Crippen LogP contribution >= 0.6 is 15.9 Å². The molecule has 1 N–H and O–H groups in total. The van der Waals surface area contributed by atoms with Gasteiger partial charge >= 0.3 is 0 Å². The fraction of sp³-hybridized carbons (Fsp3) is 0.222. The van der Waals surface area contributed by atoms with Gasteiger partial charge in [-0.25, -0.2) is 0 Å². The van der Waals surface area contributed by atoms with Gasteiger partial charge in [0, 0.05) is 29.8 Å². The highest BCUT2D eigenvalue weighted by Gasteiger charge is 2.09. The van der Waals surface area contributed by atoms with Crippen LogP contribution in [0.1, 0.15) is 21.5 Å². The van der Waals surface area contributed by atoms with Crippen molar-refractivity contribution >= 4 is 33.4 Å². The van der Waals surface area contributed by atoms with Crippen LogP contribution in [0.3, 0.4) is 0 Å². The molecule has 0 atom stereocenters. The van der Waals surface area contributed by atoms with Crippen molar-refractivity contribution in [2.24, 2.45) is 0 Å². The van der Waals surface area contributed by atoms with E-state index >= 15 is 0 Å². The topological polar surface area (TPSA) is 49.4 Å². The molecule has 0 saturated heterocycles. The van der Waals surface area contributed by atoms with Crippen molar-refractivity contribution in [1.29, 1.82) is 0 Å². The molecule has 0 aliphatic heterocycles. The first kappa shape index (κ1) is 17.2. The Balaban J connectivity index is 2.04. The Hall–Kier alpha value is -2.14. The summed E-state index contributed by atoms with van der Waals surface area (Å²) in [5, 5.41) is 2.85. The number of hydrogen-bond acceptors (Lipinski definition) is 2. The summed E-state index contributed by atoms with van der Waals surface area (Å²) < 4.78 is 0.905. The lowest BCUT2D eigenvalue weighted by atomic mass is 10.1. The lowest BCUT2D eigenvalue weighted by molar-refractivity contribution is -0.127. The van der Waals surface area contributed by atoms with E-state index < -0.39 is 0 Å². The maximum atomic E-state index is 12.2. The third kappa shape index (κ3) is 4.66. The number of nitrogens with zero attached hydrogens (tertiary/aromatic N) is 1. The number of rotatable bonds is 4. The summed E-state index contributed by atoms with van der Waals surface area (Å²) in [6, 6.07) is 12.8. The number of benzene rings is 2. The Morgan fingerprint density at radius 1 is 1.09 bits per heavy atom. The first-order valence-electron chi connectivity index (χ1n) is 7.23. The molecule has 2 amide bonds. The summed E-state index contributed by atoms with van der Waals surface area (Å²) in [6.45, 7) is 1.97. The Kier molecular flexibility index (Phi) is 5.55. The predicted molar refractivity (Wildman–Crippen MR) is 95.7 cm³/mol. The largest absolute Gasteiger partial charge is 0.349 e. The van der Waals surface area contributed by atoms with Gasteiger partial charge in [0.25, 0.3) is 5.91 Å². The molecule has 0 aliphatic carbocycles. The number of carbonyl (C=O) groups excluding carboxylic acids is 2. The number of carbonyl (C=O) groups is 2. The van der Waals surface area contributed by atoms with Crippen molar-refractivity contribution in [1.82, 2.24) is 4.90 Å². The van der Waals surface area contributed by atoms with Gasteiger partial charge in [-0.2, -0.15) is 0 Å². The predicted octanol–water partition coefficient (Wildman–Crippen LogP) is 3.64. The maximum Gasteiger partial charge on any atom is 0.255 e. The first-order chi connectivity index (χ1) is 10.9. The third-order valence-corrected chi connectivity index (χ3v) is 4.35. The molecule has 0 bridgehead atoms. The molecule has 0 aliphatic rings. The third-order valence-electron chi connectivity index (χ3n) is 3.50. The minimum absolute atomic E-state index is 0.0475. The Morgan fingerprint density at radius 3 is 2.30 bits per heavy atom. The van der Waals surface area contributed by atoms with Gasteiger partial charge in [0.1, 0.15) is 0 Å². The standard InChI is InChI=1S/C18H19BrN2O2/c1-12-4-7-14(11-16(12)19)18(23)20-15-8-5-13(6-9-15)10-17(22)21(2)3/h4-9,11H,10H2,1-3H3,(H,20,23). The Labute approximate surface area is 144 Å². The second-order valence-electron chi connectivity index (χ2n) is 5.58. The van der Waals surface area contributed by atoms with Gasteiger partial charge in [0.15, 0.2) is 0 Å². The number of likely N-dealkylation sites (N-methyl/N-ethyl adjacent to an activating group) is 1. The summed E-state index contributed by atoms with van der Waals surface area (Å²) >= 11 is 3.43. The van der Waals surface area contributed by atoms with Crippen molar-refractivity contribution in [3.8, 4) is 0 Å². The lowest BCUT2D eigenvalue weighted by Gasteiger charge is -2.11. The molecule has 0 unspecified atom stereocenters. The number of anilines is 1. The SMILES string of the molecule is Cc1ccc(C(=O)Nc2ccc(CC(=O)N(C)C)cc2)cc1Br. The van der Waals surface area contributed by atoms with Gasteiger partial charge in [-0.05, 0) is 42.3 Å². The second-order valence-corrected chi connectivity index (χ2v) is 6.43. The number of hydrogen-bond donors (Lipinski definition) is 1. The van der Waals surface area contributed by atoms with Gasteiger partial charge < -0.3 is 10.2 Å². The van der Waals surface area contributed by atoms with Gasteiger partial charge in [0.2, 0.25) is 5.91 Å². The van der Waals surface area contributed by atoms with Crippen LogP contribution in [0.4, 0.5) is 5.69 Å². The molecule has 2 aromatic rings. The normalized spacial score (nSPS) is 10.3. The molecule has 120 valence electrons. The first-order valence-corrected chi connectivity index (χ1v) is 8.02. The molecular weight excluding hydrogens is 356 g/mol. The van der Waals surface area contributed by atoms with Crippen LogP contribution in [0.5, 0.6) is 0 Å². The number of nitrogens with one attached hydrogen (secondary N) is 1. The average molecular weight is 375 g/mol. The summed E-state index contributed by atoms with van der Waals surface area (Å²) in [5.41, 5.74) is 3.29. The summed E-state index contributed by atoms with van der Waals surface area (Å²) in [5.74, 6) is -0.117. The van der Waals surface area contributed by atoms with E-state index in [2.05, 4.69) is 21.2 Å². The van der Waals surface area contributed by atoms with E-state index in [0.717, 1.165) is 15.6 Å². The zero-order valence-corrected chi connectivity index (χ0v) is 15.0. The molecule has 0 radical (unpaired) electrons. The van der Waals surface area contributed by atoms with E-state index in [9.17, 15) is 9.59 Å². The van der Waals surface area contributed by atoms with E-state index in [1.165, 1.54) is 0 Å². The van der Waals surface area contributed by atoms with Crippen LogP contribution < -0.4 is 5.32 Å². The molecular formula is C18H19BrN2O2. The zero-order chi connectivity index (χ0) is 17.0. The monoisotopic (exact) mass is 374 g/mol. The fourth-order valence-electron chi connectivity index (χ4n) is 1.98. The highest BCUT2D eigenvalue weighted by molar-refractivity contribution is 9.10. The highest BCUT2D eigenvalue weighted by Crippen LogP contribution is 2.19. The minimum atomic E-state index is -0.164. The molecule has 0 spiro atoms. The highest BCUT2D eigenvalue weighted by atomic mass is 79.9. The van der Waals surface area contributed by atoms with Gasteiger partial charge in [-0.3, -0.25) is 9.59 Å². The lowest BCUT2D eigenvalue weighted by Crippen LogP contribution is -2.23. The molecule has 0 fully saturated rings. The molecule has 23 heavy (non-hydrogen) atoms. The molecule has 0 aromatic heterocycles. The van der Waals surface area contributed by atoms with Gasteiger partial charge in [0.05, 0.1) is 6.42 Å². The summed E-state index contributed by atoms with van der Waals surface area (Å²) in [7, 11) is 3.47. The van der Waals surface area contributed by atoms with Crippen molar-refractivity contribution in [3.05, 3.63) is 63.6 Å². The van der Waals surface area contributed by atoms with Crippen molar-refractivity contribution in [2.45, 2.75) is 13.3 Å². The average Bonchev–Trinajstić information content (AvgIpc) is 2.51. The Morgan fingerprint density at radius 2 is 1.74 bits per heavy atom. The van der Waals surface area contributed by atoms with Crippen LogP contribution in [0.2, 0.25) is 0 Å². The van der Waals surface area contributed by atoms with Crippen LogP contribution in [0, 0.1) is 6.92 Å². The van der Waals surface area contributed by atoms with E-state index in [1.54, 1.807) is 43.3 Å². The smallest absolute Gasteiger partial charge is 0.255 e. The molecule has 0 saturated carbocycles. The van der Waals surface area contributed by atoms with E-state index in [4.69, 9.17) is 0 Å². The molecule has 2 aromatic carbocycles. The number of amides is 2. The molecule has 0 heterocycles. The second kappa shape index (κ2) is 7.42. The zero-order valence-electron chi connectivity index (χ0n) is 13.4.